The predicted molar refractivity (Wildman–Crippen MR) is 109 cm³/mol. The van der Waals surface area contributed by atoms with Gasteiger partial charge in [0.05, 0.1) is 5.02 Å². The molecule has 1 saturated heterocycles. The maximum atomic E-state index is 6.50. The van der Waals surface area contributed by atoms with Crippen molar-refractivity contribution >= 4 is 23.8 Å². The molecule has 0 radical (unpaired) electrons. The van der Waals surface area contributed by atoms with E-state index in [0.717, 1.165) is 41.2 Å². The number of rotatable bonds is 4. The second-order valence-corrected chi connectivity index (χ2v) is 8.69. The number of nitrogens with zero attached hydrogens (tertiary/aromatic N) is 2. The first kappa shape index (κ1) is 17.2. The second kappa shape index (κ2) is 6.61. The van der Waals surface area contributed by atoms with Crippen molar-refractivity contribution in [3.05, 3.63) is 46.5 Å². The van der Waals surface area contributed by atoms with Gasteiger partial charge in [0, 0.05) is 35.0 Å². The topological polar surface area (TPSA) is 51.0 Å². The highest BCUT2D eigenvalue weighted by molar-refractivity contribution is 6.33. The zero-order valence-corrected chi connectivity index (χ0v) is 16.2. The molecule has 1 aliphatic heterocycles. The lowest BCUT2D eigenvalue weighted by molar-refractivity contribution is 0.143. The highest BCUT2D eigenvalue weighted by atomic mass is 35.5. The summed E-state index contributed by atoms with van der Waals surface area (Å²) in [6.07, 6.45) is 14.9. The average Bonchev–Trinajstić information content (AvgIpc) is 3.42. The van der Waals surface area contributed by atoms with Crippen LogP contribution in [-0.4, -0.2) is 23.2 Å². The van der Waals surface area contributed by atoms with Crippen molar-refractivity contribution in [2.75, 3.05) is 13.1 Å². The lowest BCUT2D eigenvalue weighted by Crippen LogP contribution is -2.42. The molecule has 2 aromatic rings. The standard InChI is InChI=1S/C22H24ClN3O/c1-2-15-12-25-13-18(23)19(15)20-17(21(27-26-20)16-3-4-16)9-14-10-22(11-14)5-7-24-8-6-22/h2,9,12-13,16,24H,1,3-8,10-11H2. The van der Waals surface area contributed by atoms with Crippen LogP contribution in [-0.2, 0) is 0 Å². The van der Waals surface area contributed by atoms with Gasteiger partial charge in [-0.25, -0.2) is 0 Å². The predicted octanol–water partition coefficient (Wildman–Crippen LogP) is 5.46. The van der Waals surface area contributed by atoms with Crippen molar-refractivity contribution < 1.29 is 4.52 Å². The number of aromatic nitrogens is 2. The third kappa shape index (κ3) is 3.05. The Morgan fingerprint density at radius 3 is 2.70 bits per heavy atom. The first-order chi connectivity index (χ1) is 13.2. The van der Waals surface area contributed by atoms with Crippen molar-refractivity contribution in [1.82, 2.24) is 15.5 Å². The Bertz CT molecular complexity index is 910. The molecule has 0 atom stereocenters. The first-order valence-corrected chi connectivity index (χ1v) is 10.2. The van der Waals surface area contributed by atoms with Gasteiger partial charge >= 0.3 is 0 Å². The molecule has 3 heterocycles. The summed E-state index contributed by atoms with van der Waals surface area (Å²) >= 11 is 6.50. The molecular formula is C22H24ClN3O. The Hall–Kier alpha value is -1.91. The smallest absolute Gasteiger partial charge is 0.147 e. The second-order valence-electron chi connectivity index (χ2n) is 8.28. The largest absolute Gasteiger partial charge is 0.360 e. The normalized spacial score (nSPS) is 21.1. The van der Waals surface area contributed by atoms with Gasteiger partial charge in [0.2, 0.25) is 0 Å². The Balaban J connectivity index is 1.54. The summed E-state index contributed by atoms with van der Waals surface area (Å²) in [7, 11) is 0. The van der Waals surface area contributed by atoms with Gasteiger partial charge < -0.3 is 9.84 Å². The zero-order valence-electron chi connectivity index (χ0n) is 15.4. The SMILES string of the molecule is C=Cc1cncc(Cl)c1-c1noc(C2CC2)c1C=C1CC2(CCNCC2)C1. The summed E-state index contributed by atoms with van der Waals surface area (Å²) in [6.45, 7) is 6.20. The summed E-state index contributed by atoms with van der Waals surface area (Å²) in [5.74, 6) is 1.52. The van der Waals surface area contributed by atoms with Crippen LogP contribution in [0.4, 0.5) is 0 Å². The monoisotopic (exact) mass is 381 g/mol. The molecule has 140 valence electrons. The number of hydrogen-bond donors (Lipinski definition) is 1. The van der Waals surface area contributed by atoms with Crippen LogP contribution in [0.5, 0.6) is 0 Å². The van der Waals surface area contributed by atoms with Crippen molar-refractivity contribution in [2.24, 2.45) is 5.41 Å². The maximum Gasteiger partial charge on any atom is 0.147 e. The van der Waals surface area contributed by atoms with Crippen LogP contribution in [0.1, 0.15) is 61.3 Å². The van der Waals surface area contributed by atoms with Crippen LogP contribution in [0.15, 0.2) is 29.1 Å². The molecule has 2 aliphatic carbocycles. The van der Waals surface area contributed by atoms with Crippen LogP contribution in [0.25, 0.3) is 23.4 Å². The zero-order chi connectivity index (χ0) is 18.4. The minimum absolute atomic E-state index is 0.499. The van der Waals surface area contributed by atoms with E-state index < -0.39 is 0 Å². The van der Waals surface area contributed by atoms with Gasteiger partial charge in [0.25, 0.3) is 0 Å². The number of allylic oxidation sites excluding steroid dienone is 1. The molecule has 5 heteroatoms. The molecule has 4 nitrogen and oxygen atoms in total. The van der Waals surface area contributed by atoms with Gasteiger partial charge in [-0.05, 0) is 63.1 Å². The van der Waals surface area contributed by atoms with Crippen LogP contribution in [0.2, 0.25) is 5.02 Å². The summed E-state index contributed by atoms with van der Waals surface area (Å²) in [4.78, 5) is 4.19. The minimum atomic E-state index is 0.499. The Labute approximate surface area is 164 Å². The van der Waals surface area contributed by atoms with E-state index in [9.17, 15) is 0 Å². The van der Waals surface area contributed by atoms with E-state index in [1.54, 1.807) is 18.5 Å². The molecular weight excluding hydrogens is 358 g/mol. The molecule has 1 N–H and O–H groups in total. The van der Waals surface area contributed by atoms with E-state index >= 15 is 0 Å². The Morgan fingerprint density at radius 1 is 1.22 bits per heavy atom. The average molecular weight is 382 g/mol. The van der Waals surface area contributed by atoms with Gasteiger partial charge in [-0.1, -0.05) is 35.0 Å². The molecule has 1 spiro atoms. The van der Waals surface area contributed by atoms with Gasteiger partial charge in [-0.15, -0.1) is 0 Å². The number of pyridine rings is 1. The fraction of sp³-hybridized carbons (Fsp3) is 0.455. The Kier molecular flexibility index (Phi) is 4.21. The summed E-state index contributed by atoms with van der Waals surface area (Å²) in [5, 5.41) is 8.51. The summed E-state index contributed by atoms with van der Waals surface area (Å²) in [6, 6.07) is 0. The molecule has 0 amide bonds. The van der Waals surface area contributed by atoms with Crippen LogP contribution < -0.4 is 5.32 Å². The number of piperidine rings is 1. The van der Waals surface area contributed by atoms with Gasteiger partial charge in [-0.3, -0.25) is 4.98 Å². The third-order valence-electron chi connectivity index (χ3n) is 6.31. The molecule has 3 fully saturated rings. The van der Waals surface area contributed by atoms with E-state index in [2.05, 4.69) is 28.1 Å². The van der Waals surface area contributed by atoms with Crippen molar-refractivity contribution in [3.63, 3.8) is 0 Å². The van der Waals surface area contributed by atoms with Gasteiger partial charge in [-0.2, -0.15) is 0 Å². The van der Waals surface area contributed by atoms with Crippen LogP contribution >= 0.6 is 11.6 Å². The quantitative estimate of drug-likeness (QED) is 0.764. The van der Waals surface area contributed by atoms with E-state index in [-0.39, 0.29) is 0 Å². The first-order valence-electron chi connectivity index (χ1n) is 9.85. The van der Waals surface area contributed by atoms with E-state index in [1.807, 2.05) is 0 Å². The maximum absolute atomic E-state index is 6.50. The third-order valence-corrected chi connectivity index (χ3v) is 6.59. The molecule has 5 rings (SSSR count). The Morgan fingerprint density at radius 2 is 2.00 bits per heavy atom. The lowest BCUT2D eigenvalue weighted by Gasteiger charge is -2.47. The van der Waals surface area contributed by atoms with Crippen LogP contribution in [0, 0.1) is 5.41 Å². The number of halogens is 1. The van der Waals surface area contributed by atoms with Crippen molar-refractivity contribution in [2.45, 2.75) is 44.4 Å². The van der Waals surface area contributed by atoms with Crippen molar-refractivity contribution in [1.29, 1.82) is 0 Å². The molecule has 0 aromatic carbocycles. The van der Waals surface area contributed by atoms with Gasteiger partial charge in [0.1, 0.15) is 11.5 Å². The highest BCUT2D eigenvalue weighted by Crippen LogP contribution is 2.53. The molecule has 3 aliphatic rings. The molecule has 2 aromatic heterocycles. The van der Waals surface area contributed by atoms with E-state index in [1.165, 1.54) is 44.1 Å². The molecule has 0 bridgehead atoms. The molecule has 2 saturated carbocycles. The molecule has 27 heavy (non-hydrogen) atoms. The number of nitrogens with one attached hydrogen (secondary N) is 1. The molecule has 0 unspecified atom stereocenters. The fourth-order valence-corrected chi connectivity index (χ4v) is 4.91. The number of hydrogen-bond acceptors (Lipinski definition) is 4. The summed E-state index contributed by atoms with van der Waals surface area (Å²) in [5.41, 5.74) is 5.75. The van der Waals surface area contributed by atoms with E-state index in [4.69, 9.17) is 16.1 Å². The van der Waals surface area contributed by atoms with Crippen LogP contribution in [0.3, 0.4) is 0 Å². The van der Waals surface area contributed by atoms with Gasteiger partial charge in [0.15, 0.2) is 0 Å². The lowest BCUT2D eigenvalue weighted by atomic mass is 9.60. The minimum Gasteiger partial charge on any atom is -0.360 e. The fourth-order valence-electron chi connectivity index (χ4n) is 4.65. The van der Waals surface area contributed by atoms with Crippen molar-refractivity contribution in [3.8, 4) is 11.3 Å². The highest BCUT2D eigenvalue weighted by Gasteiger charge is 2.41. The van der Waals surface area contributed by atoms with E-state index in [0.29, 0.717) is 16.4 Å². The summed E-state index contributed by atoms with van der Waals surface area (Å²) < 4.78 is 5.82.